The number of aromatic nitrogens is 1. The average Bonchev–Trinajstić information content (AvgIpc) is 3.43. The van der Waals surface area contributed by atoms with Crippen LogP contribution in [0.3, 0.4) is 0 Å². The van der Waals surface area contributed by atoms with Crippen LogP contribution in [0.2, 0.25) is 0 Å². The van der Waals surface area contributed by atoms with Gasteiger partial charge in [-0.3, -0.25) is 4.99 Å². The van der Waals surface area contributed by atoms with Gasteiger partial charge in [-0.25, -0.2) is 9.78 Å². The second-order valence-electron chi connectivity index (χ2n) is 14.6. The summed E-state index contributed by atoms with van der Waals surface area (Å²) in [4.78, 5) is 25.6. The molecule has 2 aliphatic carbocycles. The van der Waals surface area contributed by atoms with E-state index in [-0.39, 0.29) is 17.8 Å². The Morgan fingerprint density at radius 1 is 0.960 bits per heavy atom. The highest BCUT2D eigenvalue weighted by Gasteiger charge is 2.44. The van der Waals surface area contributed by atoms with Crippen LogP contribution in [0.15, 0.2) is 125 Å². The Labute approximate surface area is 293 Å². The van der Waals surface area contributed by atoms with Crippen molar-refractivity contribution < 1.29 is 14.3 Å². The standard InChI is InChI=1S/C42H43N5O3/c1-41(2,3)50-40(48)46-42(24-10-25-42)31-20-16-30(17-21-31)37-36(29-18-22-32(23-19-29)49-27-28-11-5-4-6-12-28)45-39-33-13-7-8-14-34(33)44-38-35(47(37)39)15-9-26-43-38/h4-9,11-15,18-20,22-23,26,39H,10,16-17,21,24-25,27H2,1-3H3,(H,43,44)(H,46,48)/b37-30-. The van der Waals surface area contributed by atoms with Gasteiger partial charge >= 0.3 is 6.09 Å². The summed E-state index contributed by atoms with van der Waals surface area (Å²) >= 11 is 0. The molecule has 8 heteroatoms. The van der Waals surface area contributed by atoms with E-state index < -0.39 is 5.60 Å². The Morgan fingerprint density at radius 3 is 2.46 bits per heavy atom. The molecule has 1 atom stereocenters. The van der Waals surface area contributed by atoms with Crippen molar-refractivity contribution in [2.75, 3.05) is 10.2 Å². The maximum absolute atomic E-state index is 12.9. The van der Waals surface area contributed by atoms with Crippen LogP contribution in [0.25, 0.3) is 0 Å². The normalized spacial score (nSPS) is 20.5. The first-order valence-electron chi connectivity index (χ1n) is 17.6. The molecule has 0 bridgehead atoms. The van der Waals surface area contributed by atoms with Crippen molar-refractivity contribution in [1.82, 2.24) is 10.3 Å². The fourth-order valence-corrected chi connectivity index (χ4v) is 7.53. The number of benzene rings is 3. The summed E-state index contributed by atoms with van der Waals surface area (Å²) in [5.41, 5.74) is 9.12. The third-order valence-electron chi connectivity index (χ3n) is 10.1. The van der Waals surface area contributed by atoms with E-state index in [0.29, 0.717) is 6.61 Å². The van der Waals surface area contributed by atoms with Crippen molar-refractivity contribution in [2.45, 2.75) is 83.2 Å². The Hall–Kier alpha value is -5.37. The van der Waals surface area contributed by atoms with Gasteiger partial charge in [-0.1, -0.05) is 54.6 Å². The maximum atomic E-state index is 12.9. The van der Waals surface area contributed by atoms with E-state index >= 15 is 0 Å². The van der Waals surface area contributed by atoms with Crippen LogP contribution in [-0.2, 0) is 11.3 Å². The first kappa shape index (κ1) is 31.9. The first-order chi connectivity index (χ1) is 24.3. The molecule has 2 aliphatic heterocycles. The number of amides is 1. The van der Waals surface area contributed by atoms with E-state index in [1.807, 2.05) is 69.4 Å². The highest BCUT2D eigenvalue weighted by Crippen LogP contribution is 2.50. The topological polar surface area (TPSA) is 88.1 Å². The Bertz CT molecular complexity index is 2010. The summed E-state index contributed by atoms with van der Waals surface area (Å²) in [7, 11) is 0. The molecule has 1 unspecified atom stereocenters. The van der Waals surface area contributed by atoms with Gasteiger partial charge in [0.1, 0.15) is 18.0 Å². The van der Waals surface area contributed by atoms with E-state index in [2.05, 4.69) is 70.1 Å². The van der Waals surface area contributed by atoms with Gasteiger partial charge in [-0.05, 0) is 118 Å². The number of carbonyl (C=O) groups excluding carboxylic acids is 1. The second-order valence-corrected chi connectivity index (χ2v) is 14.6. The quantitative estimate of drug-likeness (QED) is 0.200. The predicted molar refractivity (Wildman–Crippen MR) is 198 cm³/mol. The number of nitrogens with zero attached hydrogens (tertiary/aromatic N) is 3. The van der Waals surface area contributed by atoms with Crippen LogP contribution in [0.5, 0.6) is 5.75 Å². The number of alkyl carbamates (subject to hydrolysis) is 1. The molecule has 254 valence electrons. The van der Waals surface area contributed by atoms with Crippen LogP contribution in [0.4, 0.5) is 22.0 Å². The molecule has 1 aromatic heterocycles. The Morgan fingerprint density at radius 2 is 1.74 bits per heavy atom. The number of rotatable bonds is 6. The van der Waals surface area contributed by atoms with Gasteiger partial charge in [0.05, 0.1) is 22.6 Å². The van der Waals surface area contributed by atoms with Gasteiger partial charge in [-0.2, -0.15) is 0 Å². The van der Waals surface area contributed by atoms with Crippen LogP contribution < -0.4 is 20.3 Å². The molecule has 4 aromatic rings. The maximum Gasteiger partial charge on any atom is 0.408 e. The van der Waals surface area contributed by atoms with Crippen LogP contribution in [0, 0.1) is 0 Å². The van der Waals surface area contributed by atoms with Crippen molar-refractivity contribution in [2.24, 2.45) is 4.99 Å². The first-order valence-corrected chi connectivity index (χ1v) is 17.6. The summed E-state index contributed by atoms with van der Waals surface area (Å²) in [6.45, 7) is 6.23. The SMILES string of the molecule is CC(C)(C)OC(=O)NC1(C2=CC/C(=C3\C(c4ccc(OCc5ccccc5)cc4)=NC4c5ccccc5Nc5ncccc5N34)CC2)CCC1. The van der Waals surface area contributed by atoms with E-state index in [9.17, 15) is 4.79 Å². The number of pyridine rings is 1. The molecule has 0 saturated heterocycles. The van der Waals surface area contributed by atoms with Gasteiger partial charge in [-0.15, -0.1) is 0 Å². The third-order valence-corrected chi connectivity index (χ3v) is 10.1. The van der Waals surface area contributed by atoms with Crippen molar-refractivity contribution in [3.63, 3.8) is 0 Å². The molecular formula is C42H43N5O3. The lowest BCUT2D eigenvalue weighted by molar-refractivity contribution is 0.0418. The minimum Gasteiger partial charge on any atom is -0.489 e. The fourth-order valence-electron chi connectivity index (χ4n) is 7.53. The predicted octanol–water partition coefficient (Wildman–Crippen LogP) is 9.54. The van der Waals surface area contributed by atoms with E-state index in [4.69, 9.17) is 19.5 Å². The third kappa shape index (κ3) is 6.15. The van der Waals surface area contributed by atoms with Gasteiger partial charge in [0, 0.05) is 23.0 Å². The Kier molecular flexibility index (Phi) is 8.17. The number of hydrogen-bond acceptors (Lipinski definition) is 7. The number of hydrogen-bond donors (Lipinski definition) is 2. The number of fused-ring (bicyclic) bond motifs is 5. The highest BCUT2D eigenvalue weighted by atomic mass is 16.6. The number of carbonyl (C=O) groups is 1. The van der Waals surface area contributed by atoms with Crippen molar-refractivity contribution >= 4 is 29.0 Å². The summed E-state index contributed by atoms with van der Waals surface area (Å²) in [6, 6.07) is 31.0. The lowest BCUT2D eigenvalue weighted by atomic mass is 9.68. The van der Waals surface area contributed by atoms with Gasteiger partial charge in [0.25, 0.3) is 0 Å². The number of para-hydroxylation sites is 1. The minimum atomic E-state index is -0.541. The van der Waals surface area contributed by atoms with Crippen molar-refractivity contribution in [3.8, 4) is 5.75 Å². The summed E-state index contributed by atoms with van der Waals surface area (Å²) in [6.07, 6.45) is 9.05. The van der Waals surface area contributed by atoms with E-state index in [0.717, 1.165) is 89.6 Å². The molecular weight excluding hydrogens is 622 g/mol. The molecule has 0 radical (unpaired) electrons. The molecule has 3 aromatic carbocycles. The summed E-state index contributed by atoms with van der Waals surface area (Å²) in [5.74, 6) is 1.63. The number of aliphatic imine (C=N–C) groups is 1. The molecule has 8 nitrogen and oxygen atoms in total. The molecule has 4 aliphatic rings. The van der Waals surface area contributed by atoms with Crippen LogP contribution >= 0.6 is 0 Å². The second kappa shape index (κ2) is 12.8. The summed E-state index contributed by atoms with van der Waals surface area (Å²) in [5, 5.41) is 6.87. The van der Waals surface area contributed by atoms with Gasteiger partial charge < -0.3 is 25.0 Å². The average molecular weight is 666 g/mol. The van der Waals surface area contributed by atoms with Crippen LogP contribution in [-0.4, -0.2) is 27.9 Å². The molecule has 1 amide bonds. The van der Waals surface area contributed by atoms with Crippen LogP contribution in [0.1, 0.15) is 82.2 Å². The zero-order valence-corrected chi connectivity index (χ0v) is 28.9. The van der Waals surface area contributed by atoms with Crippen molar-refractivity contribution in [3.05, 3.63) is 137 Å². The molecule has 0 spiro atoms. The van der Waals surface area contributed by atoms with Gasteiger partial charge in [0.2, 0.25) is 0 Å². The number of nitrogens with one attached hydrogen (secondary N) is 2. The molecule has 50 heavy (non-hydrogen) atoms. The zero-order valence-electron chi connectivity index (χ0n) is 28.9. The molecule has 8 rings (SSSR count). The van der Waals surface area contributed by atoms with Gasteiger partial charge in [0.15, 0.2) is 12.0 Å². The number of anilines is 3. The smallest absolute Gasteiger partial charge is 0.408 e. The Balaban J connectivity index is 1.17. The fraction of sp³-hybridized carbons (Fsp3) is 0.310. The molecule has 1 saturated carbocycles. The number of ether oxygens (including phenoxy) is 2. The van der Waals surface area contributed by atoms with E-state index in [1.54, 1.807) is 0 Å². The highest BCUT2D eigenvalue weighted by molar-refractivity contribution is 6.17. The van der Waals surface area contributed by atoms with E-state index in [1.165, 1.54) is 11.1 Å². The number of allylic oxidation sites excluding steroid dienone is 3. The molecule has 2 N–H and O–H groups in total. The largest absolute Gasteiger partial charge is 0.489 e. The molecule has 3 heterocycles. The molecule has 1 fully saturated rings. The lowest BCUT2D eigenvalue weighted by Gasteiger charge is -2.46. The lowest BCUT2D eigenvalue weighted by Crippen LogP contribution is -2.56. The monoisotopic (exact) mass is 665 g/mol. The minimum absolute atomic E-state index is 0.257. The zero-order chi connectivity index (χ0) is 34.3. The van der Waals surface area contributed by atoms with Crippen molar-refractivity contribution in [1.29, 1.82) is 0 Å². The summed E-state index contributed by atoms with van der Waals surface area (Å²) < 4.78 is 11.8.